The van der Waals surface area contributed by atoms with E-state index in [-0.39, 0.29) is 5.91 Å². The summed E-state index contributed by atoms with van der Waals surface area (Å²) in [5.74, 6) is 0.616. The number of nitrogens with zero attached hydrogens (tertiary/aromatic N) is 1. The number of hydrogen-bond acceptors (Lipinski definition) is 4. The molecule has 3 aromatic rings. The van der Waals surface area contributed by atoms with Crippen molar-refractivity contribution in [2.24, 2.45) is 0 Å². The smallest absolute Gasteiger partial charge is 0.261 e. The molecule has 0 radical (unpaired) electrons. The largest absolute Gasteiger partial charge is 0.496 e. The first kappa shape index (κ1) is 14.3. The zero-order valence-electron chi connectivity index (χ0n) is 12.0. The average molecular weight is 313 g/mol. The van der Waals surface area contributed by atoms with Gasteiger partial charge in [0.2, 0.25) is 0 Å². The Morgan fingerprint density at radius 3 is 2.77 bits per heavy atom. The topological polar surface area (TPSA) is 67.0 Å². The quantitative estimate of drug-likeness (QED) is 0.760. The minimum Gasteiger partial charge on any atom is -0.496 e. The van der Waals surface area contributed by atoms with E-state index >= 15 is 0 Å². The van der Waals surface area contributed by atoms with Crippen molar-refractivity contribution < 1.29 is 9.53 Å². The lowest BCUT2D eigenvalue weighted by atomic mass is 10.1. The normalized spacial score (nSPS) is 10.4. The average Bonchev–Trinajstić information content (AvgIpc) is 3.24. The Kier molecular flexibility index (Phi) is 4.20. The maximum Gasteiger partial charge on any atom is 0.261 e. The lowest BCUT2D eigenvalue weighted by molar-refractivity contribution is 0.0954. The highest BCUT2D eigenvalue weighted by atomic mass is 32.1. The Morgan fingerprint density at radius 2 is 2.14 bits per heavy atom. The van der Waals surface area contributed by atoms with Gasteiger partial charge in [0.25, 0.3) is 5.91 Å². The van der Waals surface area contributed by atoms with Crippen LogP contribution in [0.15, 0.2) is 48.0 Å². The van der Waals surface area contributed by atoms with Crippen molar-refractivity contribution in [3.8, 4) is 17.0 Å². The van der Waals surface area contributed by atoms with Crippen molar-refractivity contribution in [1.82, 2.24) is 15.5 Å². The van der Waals surface area contributed by atoms with Crippen LogP contribution < -0.4 is 10.1 Å². The molecule has 0 fully saturated rings. The first-order valence-corrected chi connectivity index (χ1v) is 7.63. The fraction of sp³-hybridized carbons (Fsp3) is 0.125. The molecule has 0 saturated carbocycles. The highest BCUT2D eigenvalue weighted by Crippen LogP contribution is 2.21. The number of carbonyl (C=O) groups excluding carboxylic acids is 1. The standard InChI is InChI=1S/C16H15N3O2S/c1-21-13-8-15(22-10-13)16(20)17-9-11-2-4-12(5-3-11)14-6-7-18-19-14/h2-8,10H,9H2,1H3,(H,17,20)(H,18,19). The number of carbonyl (C=O) groups is 1. The van der Waals surface area contributed by atoms with Gasteiger partial charge < -0.3 is 10.1 Å². The first-order chi connectivity index (χ1) is 10.8. The number of methoxy groups -OCH3 is 1. The number of ether oxygens (including phenoxy) is 1. The number of amides is 1. The first-order valence-electron chi connectivity index (χ1n) is 6.75. The summed E-state index contributed by atoms with van der Waals surface area (Å²) in [7, 11) is 1.59. The molecule has 0 atom stereocenters. The molecule has 0 aliphatic heterocycles. The fourth-order valence-electron chi connectivity index (χ4n) is 2.03. The summed E-state index contributed by atoms with van der Waals surface area (Å²) >= 11 is 1.37. The highest BCUT2D eigenvalue weighted by Gasteiger charge is 2.09. The molecule has 1 aromatic carbocycles. The summed E-state index contributed by atoms with van der Waals surface area (Å²) in [6.07, 6.45) is 1.72. The molecule has 3 rings (SSSR count). The number of aromatic nitrogens is 2. The van der Waals surface area contributed by atoms with Crippen molar-refractivity contribution >= 4 is 17.2 Å². The monoisotopic (exact) mass is 313 g/mol. The molecule has 0 bridgehead atoms. The molecule has 2 heterocycles. The molecular weight excluding hydrogens is 298 g/mol. The van der Waals surface area contributed by atoms with Gasteiger partial charge >= 0.3 is 0 Å². The van der Waals surface area contributed by atoms with Gasteiger partial charge in [0.15, 0.2) is 0 Å². The Morgan fingerprint density at radius 1 is 1.32 bits per heavy atom. The van der Waals surface area contributed by atoms with Crippen LogP contribution in [0.5, 0.6) is 5.75 Å². The number of rotatable bonds is 5. The molecule has 0 unspecified atom stereocenters. The van der Waals surface area contributed by atoms with Crippen LogP contribution in [0, 0.1) is 0 Å². The summed E-state index contributed by atoms with van der Waals surface area (Å²) < 4.78 is 5.08. The van der Waals surface area contributed by atoms with Gasteiger partial charge in [0.1, 0.15) is 5.75 Å². The van der Waals surface area contributed by atoms with E-state index in [9.17, 15) is 4.79 Å². The molecular formula is C16H15N3O2S. The van der Waals surface area contributed by atoms with Gasteiger partial charge in [-0.05, 0) is 17.2 Å². The van der Waals surface area contributed by atoms with Gasteiger partial charge in [0.05, 0.1) is 17.7 Å². The third kappa shape index (κ3) is 3.17. The molecule has 22 heavy (non-hydrogen) atoms. The van der Waals surface area contributed by atoms with E-state index < -0.39 is 0 Å². The number of aromatic amines is 1. The van der Waals surface area contributed by atoms with E-state index in [1.54, 1.807) is 19.4 Å². The minimum atomic E-state index is -0.0917. The van der Waals surface area contributed by atoms with Crippen LogP contribution in [0.1, 0.15) is 15.2 Å². The van der Waals surface area contributed by atoms with E-state index in [1.165, 1.54) is 11.3 Å². The molecule has 0 spiro atoms. The Hall–Kier alpha value is -2.60. The van der Waals surface area contributed by atoms with Gasteiger partial charge in [-0.15, -0.1) is 11.3 Å². The maximum atomic E-state index is 12.0. The van der Waals surface area contributed by atoms with Crippen LogP contribution in [-0.4, -0.2) is 23.2 Å². The van der Waals surface area contributed by atoms with E-state index in [2.05, 4.69) is 15.5 Å². The maximum absolute atomic E-state index is 12.0. The summed E-state index contributed by atoms with van der Waals surface area (Å²) in [6.45, 7) is 0.488. The molecule has 5 nitrogen and oxygen atoms in total. The molecule has 2 N–H and O–H groups in total. The summed E-state index contributed by atoms with van der Waals surface area (Å²) in [5, 5.41) is 11.6. The van der Waals surface area contributed by atoms with Crippen molar-refractivity contribution in [2.75, 3.05) is 7.11 Å². The second-order valence-corrected chi connectivity index (χ2v) is 5.61. The number of nitrogens with one attached hydrogen (secondary N) is 2. The van der Waals surface area contributed by atoms with Crippen molar-refractivity contribution in [3.05, 3.63) is 58.4 Å². The minimum absolute atomic E-state index is 0.0917. The summed E-state index contributed by atoms with van der Waals surface area (Å²) in [4.78, 5) is 12.7. The lowest BCUT2D eigenvalue weighted by Crippen LogP contribution is -2.21. The molecule has 0 aliphatic rings. The van der Waals surface area contributed by atoms with Gasteiger partial charge in [0, 0.05) is 24.2 Å². The Bertz CT molecular complexity index is 748. The predicted octanol–water partition coefficient (Wildman–Crippen LogP) is 3.08. The van der Waals surface area contributed by atoms with Crippen LogP contribution >= 0.6 is 11.3 Å². The molecule has 112 valence electrons. The van der Waals surface area contributed by atoms with E-state index in [0.29, 0.717) is 17.2 Å². The Balaban J connectivity index is 1.60. The van der Waals surface area contributed by atoms with Gasteiger partial charge in [-0.3, -0.25) is 9.89 Å². The number of thiophene rings is 1. The van der Waals surface area contributed by atoms with Crippen molar-refractivity contribution in [2.45, 2.75) is 6.54 Å². The SMILES string of the molecule is COc1csc(C(=O)NCc2ccc(-c3ccn[nH]3)cc2)c1. The Labute approximate surface area is 132 Å². The molecule has 0 aliphatic carbocycles. The summed E-state index contributed by atoms with van der Waals surface area (Å²) in [5.41, 5.74) is 3.08. The van der Waals surface area contributed by atoms with Crippen LogP contribution in [0.2, 0.25) is 0 Å². The third-order valence-corrected chi connectivity index (χ3v) is 4.16. The van der Waals surface area contributed by atoms with Crippen molar-refractivity contribution in [1.29, 1.82) is 0 Å². The number of hydrogen-bond donors (Lipinski definition) is 2. The fourth-order valence-corrected chi connectivity index (χ4v) is 2.80. The lowest BCUT2D eigenvalue weighted by Gasteiger charge is -2.05. The van der Waals surface area contributed by atoms with E-state index in [0.717, 1.165) is 16.8 Å². The van der Waals surface area contributed by atoms with Crippen LogP contribution in [0.4, 0.5) is 0 Å². The number of H-pyrrole nitrogens is 1. The van der Waals surface area contributed by atoms with E-state index in [1.807, 2.05) is 35.7 Å². The summed E-state index contributed by atoms with van der Waals surface area (Å²) in [6, 6.07) is 11.6. The highest BCUT2D eigenvalue weighted by molar-refractivity contribution is 7.12. The zero-order valence-corrected chi connectivity index (χ0v) is 12.8. The van der Waals surface area contributed by atoms with Crippen LogP contribution in [-0.2, 0) is 6.54 Å². The second-order valence-electron chi connectivity index (χ2n) is 4.70. The predicted molar refractivity (Wildman–Crippen MR) is 86.1 cm³/mol. The molecule has 1 amide bonds. The molecule has 6 heteroatoms. The van der Waals surface area contributed by atoms with E-state index in [4.69, 9.17) is 4.74 Å². The van der Waals surface area contributed by atoms with Gasteiger partial charge in [-0.2, -0.15) is 5.10 Å². The molecule has 0 saturated heterocycles. The zero-order chi connectivity index (χ0) is 15.4. The number of benzene rings is 1. The van der Waals surface area contributed by atoms with Crippen LogP contribution in [0.25, 0.3) is 11.3 Å². The molecule has 2 aromatic heterocycles. The second kappa shape index (κ2) is 6.44. The third-order valence-electron chi connectivity index (χ3n) is 3.25. The van der Waals surface area contributed by atoms with Crippen LogP contribution in [0.3, 0.4) is 0 Å². The van der Waals surface area contributed by atoms with Crippen molar-refractivity contribution in [3.63, 3.8) is 0 Å². The van der Waals surface area contributed by atoms with Gasteiger partial charge in [-0.1, -0.05) is 24.3 Å². The van der Waals surface area contributed by atoms with Gasteiger partial charge in [-0.25, -0.2) is 0 Å².